The molecule has 0 unspecified atom stereocenters. The fraction of sp³-hybridized carbons (Fsp3) is 0.467. The first-order chi connectivity index (χ1) is 8.70. The van der Waals surface area contributed by atoms with Crippen LogP contribution in [-0.2, 0) is 5.41 Å². The number of phenols is 1. The lowest BCUT2D eigenvalue weighted by Crippen LogP contribution is -2.21. The maximum Gasteiger partial charge on any atom is 0.269 e. The molecule has 2 rings (SSSR count). The highest BCUT2D eigenvalue weighted by Crippen LogP contribution is 2.49. The SMILES string of the molecule is CC(C)(C)c1cc(O)cc(Cl)c1C1CC(=C(F)F)C1. The molecule has 0 spiro atoms. The summed E-state index contributed by atoms with van der Waals surface area (Å²) >= 11 is 6.21. The summed E-state index contributed by atoms with van der Waals surface area (Å²) < 4.78 is 24.9. The second kappa shape index (κ2) is 4.78. The minimum Gasteiger partial charge on any atom is -0.508 e. The standard InChI is InChI=1S/C15H17ClF2O/c1-15(2,3)11-6-10(19)7-12(16)13(11)8-4-9(5-8)14(17)18/h6-8,19H,4-5H2,1-3H3. The highest BCUT2D eigenvalue weighted by atomic mass is 35.5. The van der Waals surface area contributed by atoms with E-state index in [2.05, 4.69) is 0 Å². The maximum atomic E-state index is 12.5. The highest BCUT2D eigenvalue weighted by molar-refractivity contribution is 6.31. The monoisotopic (exact) mass is 286 g/mol. The first-order valence-corrected chi connectivity index (χ1v) is 6.64. The van der Waals surface area contributed by atoms with E-state index in [1.807, 2.05) is 20.8 Å². The smallest absolute Gasteiger partial charge is 0.269 e. The Bertz CT molecular complexity index is 532. The van der Waals surface area contributed by atoms with Crippen molar-refractivity contribution in [2.75, 3.05) is 0 Å². The van der Waals surface area contributed by atoms with Crippen LogP contribution in [0.1, 0.15) is 50.7 Å². The van der Waals surface area contributed by atoms with Crippen LogP contribution in [0.2, 0.25) is 5.02 Å². The van der Waals surface area contributed by atoms with E-state index < -0.39 is 6.08 Å². The van der Waals surface area contributed by atoms with Crippen molar-refractivity contribution >= 4 is 11.6 Å². The predicted octanol–water partition coefficient (Wildman–Crippen LogP) is 5.37. The Morgan fingerprint density at radius 3 is 2.32 bits per heavy atom. The Morgan fingerprint density at radius 2 is 1.84 bits per heavy atom. The minimum absolute atomic E-state index is 0.0267. The summed E-state index contributed by atoms with van der Waals surface area (Å²) in [4.78, 5) is 0. The van der Waals surface area contributed by atoms with Crippen LogP contribution < -0.4 is 0 Å². The largest absolute Gasteiger partial charge is 0.508 e. The second-order valence-electron chi connectivity index (χ2n) is 6.11. The number of rotatable bonds is 1. The molecular formula is C15H17ClF2O. The van der Waals surface area contributed by atoms with Gasteiger partial charge in [-0.25, -0.2) is 0 Å². The van der Waals surface area contributed by atoms with Crippen molar-refractivity contribution in [1.82, 2.24) is 0 Å². The maximum absolute atomic E-state index is 12.5. The lowest BCUT2D eigenvalue weighted by Gasteiger charge is -2.34. The number of phenolic OH excluding ortho intramolecular Hbond substituents is 1. The fourth-order valence-electron chi connectivity index (χ4n) is 2.53. The number of hydrogen-bond donors (Lipinski definition) is 1. The average Bonchev–Trinajstić information content (AvgIpc) is 2.16. The van der Waals surface area contributed by atoms with Crippen molar-refractivity contribution in [1.29, 1.82) is 0 Å². The number of allylic oxidation sites excluding steroid dienone is 1. The Morgan fingerprint density at radius 1 is 1.26 bits per heavy atom. The van der Waals surface area contributed by atoms with Gasteiger partial charge in [0.05, 0.1) is 0 Å². The molecule has 0 bridgehead atoms. The minimum atomic E-state index is -1.57. The molecule has 0 saturated heterocycles. The quantitative estimate of drug-likeness (QED) is 0.736. The zero-order valence-corrected chi connectivity index (χ0v) is 12.0. The molecule has 0 heterocycles. The van der Waals surface area contributed by atoms with E-state index in [1.54, 1.807) is 6.07 Å². The van der Waals surface area contributed by atoms with Gasteiger partial charge in [0, 0.05) is 5.02 Å². The summed E-state index contributed by atoms with van der Waals surface area (Å²) in [6.45, 7) is 6.06. The summed E-state index contributed by atoms with van der Waals surface area (Å²) in [5, 5.41) is 10.1. The normalized spacial score (nSPS) is 19.3. The van der Waals surface area contributed by atoms with Crippen molar-refractivity contribution in [2.24, 2.45) is 0 Å². The van der Waals surface area contributed by atoms with E-state index in [-0.39, 0.29) is 22.7 Å². The molecule has 1 N–H and O–H groups in total. The van der Waals surface area contributed by atoms with Gasteiger partial charge >= 0.3 is 0 Å². The summed E-state index contributed by atoms with van der Waals surface area (Å²) in [5.74, 6) is 0.143. The molecule has 1 fully saturated rings. The molecule has 0 amide bonds. The van der Waals surface area contributed by atoms with Crippen LogP contribution in [0.15, 0.2) is 23.8 Å². The zero-order chi connectivity index (χ0) is 14.4. The molecule has 0 aliphatic heterocycles. The predicted molar refractivity (Wildman–Crippen MR) is 73.0 cm³/mol. The topological polar surface area (TPSA) is 20.2 Å². The third-order valence-electron chi connectivity index (χ3n) is 3.58. The van der Waals surface area contributed by atoms with Crippen LogP contribution >= 0.6 is 11.6 Å². The zero-order valence-electron chi connectivity index (χ0n) is 11.2. The van der Waals surface area contributed by atoms with Crippen molar-refractivity contribution in [3.63, 3.8) is 0 Å². The van der Waals surface area contributed by atoms with Crippen LogP contribution in [0, 0.1) is 0 Å². The van der Waals surface area contributed by atoms with Gasteiger partial charge in [0.1, 0.15) is 5.75 Å². The Hall–Kier alpha value is -1.09. The summed E-state index contributed by atoms with van der Waals surface area (Å²) in [6.07, 6.45) is -0.852. The van der Waals surface area contributed by atoms with Gasteiger partial charge in [-0.2, -0.15) is 8.78 Å². The van der Waals surface area contributed by atoms with E-state index in [0.29, 0.717) is 17.9 Å². The summed E-state index contributed by atoms with van der Waals surface area (Å²) in [5.41, 5.74) is 1.86. The molecule has 1 aromatic carbocycles. The first kappa shape index (κ1) is 14.3. The van der Waals surface area contributed by atoms with Crippen LogP contribution in [0.3, 0.4) is 0 Å². The third-order valence-corrected chi connectivity index (χ3v) is 3.90. The molecule has 1 aromatic rings. The number of aromatic hydroxyl groups is 1. The molecule has 104 valence electrons. The Kier molecular flexibility index (Phi) is 3.61. The number of halogens is 3. The van der Waals surface area contributed by atoms with Crippen LogP contribution in [0.25, 0.3) is 0 Å². The molecule has 1 saturated carbocycles. The van der Waals surface area contributed by atoms with Gasteiger partial charge in [-0.3, -0.25) is 0 Å². The Balaban J connectivity index is 2.44. The summed E-state index contributed by atoms with van der Waals surface area (Å²) in [6, 6.07) is 3.17. The molecular weight excluding hydrogens is 270 g/mol. The third kappa shape index (κ3) is 2.76. The molecule has 0 aromatic heterocycles. The second-order valence-corrected chi connectivity index (χ2v) is 6.52. The fourth-order valence-corrected chi connectivity index (χ4v) is 2.90. The molecule has 1 nitrogen and oxygen atoms in total. The molecule has 0 radical (unpaired) electrons. The van der Waals surface area contributed by atoms with Gasteiger partial charge in [-0.05, 0) is 53.0 Å². The van der Waals surface area contributed by atoms with Crippen molar-refractivity contribution in [3.8, 4) is 5.75 Å². The van der Waals surface area contributed by atoms with Gasteiger partial charge in [-0.15, -0.1) is 0 Å². The van der Waals surface area contributed by atoms with Crippen LogP contribution in [0.4, 0.5) is 8.78 Å². The van der Waals surface area contributed by atoms with E-state index in [0.717, 1.165) is 11.1 Å². The number of benzene rings is 1. The van der Waals surface area contributed by atoms with E-state index in [4.69, 9.17) is 11.6 Å². The Labute approximate surface area is 116 Å². The average molecular weight is 287 g/mol. The van der Waals surface area contributed by atoms with Crippen LogP contribution in [-0.4, -0.2) is 5.11 Å². The van der Waals surface area contributed by atoms with E-state index in [1.165, 1.54) is 6.07 Å². The lowest BCUT2D eigenvalue weighted by molar-refractivity contribution is 0.373. The van der Waals surface area contributed by atoms with Crippen LogP contribution in [0.5, 0.6) is 5.75 Å². The molecule has 1 aliphatic rings. The molecule has 1 aliphatic carbocycles. The van der Waals surface area contributed by atoms with Gasteiger partial charge in [0.2, 0.25) is 0 Å². The number of hydrogen-bond acceptors (Lipinski definition) is 1. The van der Waals surface area contributed by atoms with E-state index >= 15 is 0 Å². The van der Waals surface area contributed by atoms with E-state index in [9.17, 15) is 13.9 Å². The molecule has 4 heteroatoms. The first-order valence-electron chi connectivity index (χ1n) is 6.26. The van der Waals surface area contributed by atoms with Crippen molar-refractivity contribution < 1.29 is 13.9 Å². The van der Waals surface area contributed by atoms with Gasteiger partial charge in [0.25, 0.3) is 6.08 Å². The van der Waals surface area contributed by atoms with Gasteiger partial charge in [-0.1, -0.05) is 32.4 Å². The summed E-state index contributed by atoms with van der Waals surface area (Å²) in [7, 11) is 0. The molecule has 19 heavy (non-hydrogen) atoms. The van der Waals surface area contributed by atoms with Gasteiger partial charge in [0.15, 0.2) is 0 Å². The molecule has 0 atom stereocenters. The highest BCUT2D eigenvalue weighted by Gasteiger charge is 2.34. The van der Waals surface area contributed by atoms with Crippen molar-refractivity contribution in [2.45, 2.75) is 44.9 Å². The van der Waals surface area contributed by atoms with Crippen molar-refractivity contribution in [3.05, 3.63) is 39.9 Å². The lowest BCUT2D eigenvalue weighted by atomic mass is 9.71. The van der Waals surface area contributed by atoms with Gasteiger partial charge < -0.3 is 5.11 Å².